The number of carbonyl (C=O) groups excluding carboxylic acids is 2. The predicted octanol–water partition coefficient (Wildman–Crippen LogP) is 3.89. The second kappa shape index (κ2) is 9.10. The Balaban J connectivity index is 2.00. The fraction of sp³-hybridized carbons (Fsp3) is 0.263. The lowest BCUT2D eigenvalue weighted by molar-refractivity contribution is -0.116. The number of nitrogens with one attached hydrogen (secondary N) is 2. The second-order valence-corrected chi connectivity index (χ2v) is 6.05. The van der Waals surface area contributed by atoms with Gasteiger partial charge in [-0.2, -0.15) is 0 Å². The van der Waals surface area contributed by atoms with E-state index in [-0.39, 0.29) is 18.2 Å². The smallest absolute Gasteiger partial charge is 0.224 e. The van der Waals surface area contributed by atoms with Crippen LogP contribution < -0.4 is 20.1 Å². The number of amides is 2. The third-order valence-electron chi connectivity index (χ3n) is 3.61. The van der Waals surface area contributed by atoms with Gasteiger partial charge in [0.25, 0.3) is 0 Å². The monoisotopic (exact) mass is 376 g/mol. The van der Waals surface area contributed by atoms with Crippen LogP contribution in [-0.2, 0) is 16.0 Å². The van der Waals surface area contributed by atoms with Gasteiger partial charge < -0.3 is 20.1 Å². The van der Waals surface area contributed by atoms with Crippen molar-refractivity contribution < 1.29 is 19.1 Å². The molecule has 2 rings (SSSR count). The highest BCUT2D eigenvalue weighted by atomic mass is 35.5. The normalized spacial score (nSPS) is 10.2. The third kappa shape index (κ3) is 5.67. The minimum Gasteiger partial charge on any atom is -0.497 e. The predicted molar refractivity (Wildman–Crippen MR) is 102 cm³/mol. The summed E-state index contributed by atoms with van der Waals surface area (Å²) in [7, 11) is 3.16. The van der Waals surface area contributed by atoms with Gasteiger partial charge in [0, 0.05) is 25.1 Å². The molecule has 2 aromatic carbocycles. The average Bonchev–Trinajstić information content (AvgIpc) is 2.62. The summed E-state index contributed by atoms with van der Waals surface area (Å²) < 4.78 is 10.5. The second-order valence-electron chi connectivity index (χ2n) is 5.64. The van der Waals surface area contributed by atoms with Crippen molar-refractivity contribution in [2.24, 2.45) is 0 Å². The highest BCUT2D eigenvalue weighted by molar-refractivity contribution is 6.33. The van der Waals surface area contributed by atoms with Gasteiger partial charge in [-0.15, -0.1) is 0 Å². The van der Waals surface area contributed by atoms with Crippen LogP contribution in [0.15, 0.2) is 36.4 Å². The number of rotatable bonds is 7. The maximum Gasteiger partial charge on any atom is 0.224 e. The molecule has 0 fully saturated rings. The number of anilines is 2. The van der Waals surface area contributed by atoms with Crippen molar-refractivity contribution in [3.05, 3.63) is 47.0 Å². The van der Waals surface area contributed by atoms with Gasteiger partial charge in [-0.25, -0.2) is 0 Å². The van der Waals surface area contributed by atoms with Crippen LogP contribution in [0.1, 0.15) is 18.9 Å². The summed E-state index contributed by atoms with van der Waals surface area (Å²) in [6, 6.07) is 10.4. The molecule has 2 N–H and O–H groups in total. The minimum atomic E-state index is -0.234. The Morgan fingerprint density at radius 3 is 2.23 bits per heavy atom. The Morgan fingerprint density at radius 1 is 1.00 bits per heavy atom. The fourth-order valence-electron chi connectivity index (χ4n) is 2.38. The number of aryl methyl sites for hydroxylation is 1. The van der Waals surface area contributed by atoms with Crippen molar-refractivity contribution in [2.45, 2.75) is 19.8 Å². The first-order valence-corrected chi connectivity index (χ1v) is 8.38. The highest BCUT2D eigenvalue weighted by Crippen LogP contribution is 2.26. The van der Waals surface area contributed by atoms with Crippen LogP contribution in [0.25, 0.3) is 0 Å². The standard InChI is InChI=1S/C19H21ClN2O4/c1-12(23)21-18-10-14(5-6-17(18)20)22-19(24)7-4-13-8-15(25-2)11-16(9-13)26-3/h5-6,8-11H,4,7H2,1-3H3,(H,21,23)(H,22,24). The summed E-state index contributed by atoms with van der Waals surface area (Å²) in [5, 5.41) is 5.82. The Morgan fingerprint density at radius 2 is 1.65 bits per heavy atom. The Bertz CT molecular complexity index is 786. The lowest BCUT2D eigenvalue weighted by Crippen LogP contribution is -2.13. The zero-order valence-electron chi connectivity index (χ0n) is 14.9. The van der Waals surface area contributed by atoms with E-state index in [1.54, 1.807) is 38.5 Å². The average molecular weight is 377 g/mol. The first-order valence-electron chi connectivity index (χ1n) is 8.00. The van der Waals surface area contributed by atoms with Crippen LogP contribution in [-0.4, -0.2) is 26.0 Å². The molecule has 0 aliphatic rings. The van der Waals surface area contributed by atoms with Crippen LogP contribution in [0.3, 0.4) is 0 Å². The zero-order valence-corrected chi connectivity index (χ0v) is 15.6. The topological polar surface area (TPSA) is 76.7 Å². The third-order valence-corrected chi connectivity index (χ3v) is 3.94. The maximum atomic E-state index is 12.2. The van der Waals surface area contributed by atoms with E-state index < -0.39 is 0 Å². The molecule has 0 unspecified atom stereocenters. The molecule has 0 bridgehead atoms. The number of ether oxygens (including phenoxy) is 2. The first-order chi connectivity index (χ1) is 12.4. The van der Waals surface area contributed by atoms with Crippen molar-refractivity contribution in [1.29, 1.82) is 0 Å². The molecule has 0 saturated carbocycles. The van der Waals surface area contributed by atoms with Crippen molar-refractivity contribution in [3.63, 3.8) is 0 Å². The molecule has 26 heavy (non-hydrogen) atoms. The fourth-order valence-corrected chi connectivity index (χ4v) is 2.55. The van der Waals surface area contributed by atoms with E-state index in [4.69, 9.17) is 21.1 Å². The summed E-state index contributed by atoms with van der Waals surface area (Å²) in [6.07, 6.45) is 0.819. The number of carbonyl (C=O) groups is 2. The van der Waals surface area contributed by atoms with Gasteiger partial charge in [-0.3, -0.25) is 9.59 Å². The zero-order chi connectivity index (χ0) is 19.1. The molecule has 0 heterocycles. The number of methoxy groups -OCH3 is 2. The molecule has 0 atom stereocenters. The van der Waals surface area contributed by atoms with Crippen molar-refractivity contribution in [2.75, 3.05) is 24.9 Å². The SMILES string of the molecule is COc1cc(CCC(=O)Nc2ccc(Cl)c(NC(C)=O)c2)cc(OC)c1. The quantitative estimate of drug-likeness (QED) is 0.768. The molecule has 7 heteroatoms. The highest BCUT2D eigenvalue weighted by Gasteiger charge is 2.09. The van der Waals surface area contributed by atoms with E-state index in [1.165, 1.54) is 6.92 Å². The summed E-state index contributed by atoms with van der Waals surface area (Å²) in [5.74, 6) is 0.972. The summed E-state index contributed by atoms with van der Waals surface area (Å²) in [5.41, 5.74) is 1.95. The molecule has 0 saturated heterocycles. The molecule has 0 aliphatic heterocycles. The van der Waals surface area contributed by atoms with Gasteiger partial charge >= 0.3 is 0 Å². The molecule has 2 aromatic rings. The number of halogens is 1. The van der Waals surface area contributed by atoms with Gasteiger partial charge in [0.05, 0.1) is 24.9 Å². The molecule has 0 radical (unpaired) electrons. The summed E-state index contributed by atoms with van der Waals surface area (Å²) in [4.78, 5) is 23.4. The largest absolute Gasteiger partial charge is 0.497 e. The molecule has 0 aromatic heterocycles. The van der Waals surface area contributed by atoms with Crippen LogP contribution in [0.2, 0.25) is 5.02 Å². The van der Waals surface area contributed by atoms with E-state index >= 15 is 0 Å². The molecule has 0 aliphatic carbocycles. The van der Waals surface area contributed by atoms with E-state index in [0.29, 0.717) is 34.3 Å². The Labute approximate surface area is 157 Å². The lowest BCUT2D eigenvalue weighted by Gasteiger charge is -2.10. The molecule has 6 nitrogen and oxygen atoms in total. The van der Waals surface area contributed by atoms with Gasteiger partial charge in [-0.1, -0.05) is 11.6 Å². The van der Waals surface area contributed by atoms with Gasteiger partial charge in [0.15, 0.2) is 0 Å². The molecule has 2 amide bonds. The van der Waals surface area contributed by atoms with Crippen LogP contribution >= 0.6 is 11.6 Å². The van der Waals surface area contributed by atoms with E-state index in [1.807, 2.05) is 12.1 Å². The van der Waals surface area contributed by atoms with E-state index in [0.717, 1.165) is 5.56 Å². The van der Waals surface area contributed by atoms with Gasteiger partial charge in [0.2, 0.25) is 11.8 Å². The lowest BCUT2D eigenvalue weighted by atomic mass is 10.1. The van der Waals surface area contributed by atoms with Crippen LogP contribution in [0.5, 0.6) is 11.5 Å². The number of hydrogen-bond donors (Lipinski definition) is 2. The Hall–Kier alpha value is -2.73. The maximum absolute atomic E-state index is 12.2. The van der Waals surface area contributed by atoms with Gasteiger partial charge in [-0.05, 0) is 42.3 Å². The Kier molecular flexibility index (Phi) is 6.86. The van der Waals surface area contributed by atoms with Gasteiger partial charge in [0.1, 0.15) is 11.5 Å². The van der Waals surface area contributed by atoms with Crippen molar-refractivity contribution in [1.82, 2.24) is 0 Å². The van der Waals surface area contributed by atoms with Crippen LogP contribution in [0, 0.1) is 0 Å². The van der Waals surface area contributed by atoms with Crippen LogP contribution in [0.4, 0.5) is 11.4 Å². The van der Waals surface area contributed by atoms with E-state index in [9.17, 15) is 9.59 Å². The number of hydrogen-bond acceptors (Lipinski definition) is 4. The summed E-state index contributed by atoms with van der Waals surface area (Å²) in [6.45, 7) is 1.39. The molecular weight excluding hydrogens is 356 g/mol. The van der Waals surface area contributed by atoms with Crippen molar-refractivity contribution >= 4 is 34.8 Å². The van der Waals surface area contributed by atoms with Crippen molar-refractivity contribution in [3.8, 4) is 11.5 Å². The minimum absolute atomic E-state index is 0.150. The van der Waals surface area contributed by atoms with E-state index in [2.05, 4.69) is 10.6 Å². The summed E-state index contributed by atoms with van der Waals surface area (Å²) >= 11 is 6.02. The molecular formula is C19H21ClN2O4. The number of benzene rings is 2. The molecule has 0 spiro atoms. The first kappa shape index (κ1) is 19.6. The molecule has 138 valence electrons.